The first-order chi connectivity index (χ1) is 21.0. The molecule has 0 spiro atoms. The third kappa shape index (κ3) is 6.14. The molecule has 1 aliphatic heterocycles. The number of anilines is 2. The molecule has 3 aromatic heterocycles. The number of rotatable bonds is 5. The number of hydrogen-bond donors (Lipinski definition) is 3. The average Bonchev–Trinajstić information content (AvgIpc) is 3.40. The molecule has 2 bridgehead atoms. The lowest BCUT2D eigenvalue weighted by Gasteiger charge is -2.23. The van der Waals surface area contributed by atoms with Crippen LogP contribution < -0.4 is 27.5 Å². The Hall–Kier alpha value is -4.40. The quantitative estimate of drug-likeness (QED) is 0.148. The summed E-state index contributed by atoms with van der Waals surface area (Å²) in [5, 5.41) is 7.05. The fourth-order valence-corrected chi connectivity index (χ4v) is 5.35. The third-order valence-electron chi connectivity index (χ3n) is 7.24. The largest absolute Gasteiger partial charge is 0.388 e. The molecule has 4 heterocycles. The van der Waals surface area contributed by atoms with Gasteiger partial charge in [0.05, 0.1) is 63.8 Å². The molecule has 1 aliphatic rings. The molecule has 0 fully saturated rings. The number of benzene rings is 1. The molecule has 5 rings (SSSR count). The number of alkyl halides is 2. The minimum Gasteiger partial charge on any atom is -0.388 e. The lowest BCUT2D eigenvalue weighted by atomic mass is 9.97. The smallest absolute Gasteiger partial charge is 0.333 e. The Labute approximate surface area is 258 Å². The number of hydrogen-bond acceptors (Lipinski definition) is 8. The fraction of sp³-hybridized carbons (Fsp3) is 0.250. The minimum atomic E-state index is -2.98. The highest BCUT2D eigenvalue weighted by Gasteiger charge is 2.27. The molecule has 0 radical (unpaired) electrons. The molecule has 11 nitrogen and oxygen atoms in total. The number of nitrogens with zero attached hydrogens (tertiary/aromatic N) is 6. The molecule has 16 heteroatoms. The Morgan fingerprint density at radius 1 is 1.20 bits per heavy atom. The monoisotopic (exact) mass is 647 g/mol. The van der Waals surface area contributed by atoms with Gasteiger partial charge in [-0.3, -0.25) is 24.1 Å². The van der Waals surface area contributed by atoms with Crippen LogP contribution in [0.2, 0.25) is 5.02 Å². The van der Waals surface area contributed by atoms with Gasteiger partial charge in [0.2, 0.25) is 5.91 Å². The van der Waals surface area contributed by atoms with Crippen LogP contribution in [0.15, 0.2) is 65.2 Å². The van der Waals surface area contributed by atoms with Gasteiger partial charge in [-0.25, -0.2) is 19.9 Å². The Balaban J connectivity index is 1.63. The maximum Gasteiger partial charge on any atom is 0.333 e. The Morgan fingerprint density at radius 3 is 2.68 bits per heavy atom. The first kappa shape index (κ1) is 31.0. The van der Waals surface area contributed by atoms with Crippen molar-refractivity contribution in [2.24, 2.45) is 17.5 Å². The molecule has 0 saturated carbocycles. The van der Waals surface area contributed by atoms with Gasteiger partial charge in [0.15, 0.2) is 5.82 Å². The summed E-state index contributed by atoms with van der Waals surface area (Å²) in [6.07, 6.45) is 6.27. The zero-order valence-corrected chi connectivity index (χ0v) is 24.6. The van der Waals surface area contributed by atoms with E-state index >= 15 is 4.39 Å². The van der Waals surface area contributed by atoms with E-state index in [1.165, 1.54) is 41.5 Å². The summed E-state index contributed by atoms with van der Waals surface area (Å²) in [5.41, 5.74) is 5.60. The van der Waals surface area contributed by atoms with Gasteiger partial charge in [-0.05, 0) is 37.1 Å². The van der Waals surface area contributed by atoms with Crippen LogP contribution in [0.5, 0.6) is 0 Å². The molecule has 0 saturated heterocycles. The highest BCUT2D eigenvalue weighted by atomic mass is 35.5. The van der Waals surface area contributed by atoms with Gasteiger partial charge in [-0.15, -0.1) is 0 Å². The molecule has 230 valence electrons. The molecule has 5 N–H and O–H groups in total. The third-order valence-corrected chi connectivity index (χ3v) is 7.63. The number of aromatic nitrogens is 5. The average molecular weight is 648 g/mol. The second-order valence-corrected chi connectivity index (χ2v) is 11.0. The van der Waals surface area contributed by atoms with Crippen molar-refractivity contribution in [2.45, 2.75) is 38.8 Å². The van der Waals surface area contributed by atoms with E-state index in [4.69, 9.17) is 34.8 Å². The van der Waals surface area contributed by atoms with Crippen LogP contribution in [0.4, 0.5) is 24.5 Å². The SMILES string of the molecule is C[C@@H]1CCC[C@H](n2cnc(-c3c(N(N)/C=C(\N)Cl)ccc(Cl)c3F)cc2=O)c2cc(ccn2)-c2c(cnn2C(F)F)NC1=O. The number of carbonyl (C=O) groups is 1. The van der Waals surface area contributed by atoms with Crippen LogP contribution >= 0.6 is 23.2 Å². The van der Waals surface area contributed by atoms with Gasteiger partial charge >= 0.3 is 6.55 Å². The van der Waals surface area contributed by atoms with Gasteiger partial charge in [-0.2, -0.15) is 13.9 Å². The maximum absolute atomic E-state index is 15.3. The van der Waals surface area contributed by atoms with E-state index in [0.717, 1.165) is 17.3 Å². The molecule has 0 aliphatic carbocycles. The van der Waals surface area contributed by atoms with Crippen LogP contribution in [0.1, 0.15) is 44.5 Å². The van der Waals surface area contributed by atoms with E-state index in [1.54, 1.807) is 13.0 Å². The van der Waals surface area contributed by atoms with Crippen LogP contribution in [0.25, 0.3) is 22.5 Å². The summed E-state index contributed by atoms with van der Waals surface area (Å²) < 4.78 is 45.0. The molecule has 1 aromatic carbocycles. The number of amides is 1. The summed E-state index contributed by atoms with van der Waals surface area (Å²) >= 11 is 11.8. The lowest BCUT2D eigenvalue weighted by molar-refractivity contribution is -0.119. The number of nitrogens with one attached hydrogen (secondary N) is 1. The van der Waals surface area contributed by atoms with Crippen molar-refractivity contribution in [1.29, 1.82) is 0 Å². The van der Waals surface area contributed by atoms with Crippen molar-refractivity contribution in [2.75, 3.05) is 10.3 Å². The fourth-order valence-electron chi connectivity index (χ4n) is 5.08. The molecular weight excluding hydrogens is 622 g/mol. The second-order valence-electron chi connectivity index (χ2n) is 10.1. The second kappa shape index (κ2) is 12.7. The van der Waals surface area contributed by atoms with Crippen molar-refractivity contribution < 1.29 is 18.0 Å². The lowest BCUT2D eigenvalue weighted by Crippen LogP contribution is -2.28. The summed E-state index contributed by atoms with van der Waals surface area (Å²) in [5.74, 6) is 4.32. The van der Waals surface area contributed by atoms with E-state index in [-0.39, 0.29) is 44.4 Å². The Bertz CT molecular complexity index is 1810. The van der Waals surface area contributed by atoms with Gasteiger partial charge in [0.25, 0.3) is 5.56 Å². The molecule has 44 heavy (non-hydrogen) atoms. The number of carbonyl (C=O) groups excluding carboxylic acids is 1. The Morgan fingerprint density at radius 2 is 1.98 bits per heavy atom. The van der Waals surface area contributed by atoms with E-state index in [9.17, 15) is 18.4 Å². The van der Waals surface area contributed by atoms with Crippen molar-refractivity contribution in [3.05, 3.63) is 87.3 Å². The van der Waals surface area contributed by atoms with Crippen molar-refractivity contribution in [3.8, 4) is 22.5 Å². The van der Waals surface area contributed by atoms with Gasteiger partial charge in [-0.1, -0.05) is 36.5 Å². The van der Waals surface area contributed by atoms with E-state index in [2.05, 4.69) is 20.4 Å². The number of fused-ring (bicyclic) bond motifs is 4. The zero-order valence-electron chi connectivity index (χ0n) is 23.1. The molecule has 1 amide bonds. The number of pyridine rings is 1. The standard InChI is InChI=1S/C28H26Cl2F3N9O2/c1-14-3-2-4-20(17-9-15(7-8-36-17)26-19(39-27(14)44)11-38-42(26)28(32)33)40-13-37-18(10-23(40)43)24-21(41(35)12-22(30)34)6-5-16(29)25(24)31/h5-14,20,28H,2-4,34-35H2,1H3,(H,39,44)/b22-12-/t14-,20+/m1/s1. The van der Waals surface area contributed by atoms with Crippen LogP contribution in [0, 0.1) is 11.7 Å². The Kier molecular flexibility index (Phi) is 8.95. The van der Waals surface area contributed by atoms with Gasteiger partial charge in [0, 0.05) is 23.7 Å². The summed E-state index contributed by atoms with van der Waals surface area (Å²) in [6.45, 7) is -1.26. The predicted molar refractivity (Wildman–Crippen MR) is 160 cm³/mol. The summed E-state index contributed by atoms with van der Waals surface area (Å²) in [4.78, 5) is 35.3. The summed E-state index contributed by atoms with van der Waals surface area (Å²) in [6, 6.07) is 6.19. The minimum absolute atomic E-state index is 0.00808. The highest BCUT2D eigenvalue weighted by Crippen LogP contribution is 2.37. The van der Waals surface area contributed by atoms with Crippen LogP contribution in [-0.2, 0) is 4.79 Å². The number of halogens is 5. The van der Waals surface area contributed by atoms with Gasteiger partial charge in [0.1, 0.15) is 5.16 Å². The highest BCUT2D eigenvalue weighted by molar-refractivity contribution is 6.31. The zero-order chi connectivity index (χ0) is 31.7. The maximum atomic E-state index is 15.3. The van der Waals surface area contributed by atoms with E-state index in [1.807, 2.05) is 0 Å². The number of nitrogens with two attached hydrogens (primary N) is 2. The molecule has 4 aromatic rings. The molecule has 2 atom stereocenters. The van der Waals surface area contributed by atoms with E-state index in [0.29, 0.717) is 35.2 Å². The van der Waals surface area contributed by atoms with E-state index < -0.39 is 29.9 Å². The van der Waals surface area contributed by atoms with Gasteiger partial charge < -0.3 is 11.1 Å². The summed E-state index contributed by atoms with van der Waals surface area (Å²) in [7, 11) is 0. The van der Waals surface area contributed by atoms with Crippen LogP contribution in [0.3, 0.4) is 0 Å². The first-order valence-corrected chi connectivity index (χ1v) is 14.1. The van der Waals surface area contributed by atoms with Crippen molar-refractivity contribution in [1.82, 2.24) is 24.3 Å². The normalized spacial score (nSPS) is 17.5. The van der Waals surface area contributed by atoms with Crippen LogP contribution in [-0.4, -0.2) is 30.2 Å². The van der Waals surface area contributed by atoms with Crippen molar-refractivity contribution in [3.63, 3.8) is 0 Å². The first-order valence-electron chi connectivity index (χ1n) is 13.3. The molecular formula is C28H26Cl2F3N9O2. The van der Waals surface area contributed by atoms with Crippen molar-refractivity contribution >= 4 is 40.5 Å². The molecule has 0 unspecified atom stereocenters. The predicted octanol–water partition coefficient (Wildman–Crippen LogP) is 5.38. The topological polar surface area (TPSA) is 150 Å². The number of hydrazine groups is 1.